The SMILES string of the molecule is CC(C)C(=O)N1CCC(NC2=C(c3ccccc3)S(=O)(=O)N(C(C)(C)C)C2=O)CC1. The molecule has 2 heterocycles. The summed E-state index contributed by atoms with van der Waals surface area (Å²) in [5, 5.41) is 3.23. The molecule has 30 heavy (non-hydrogen) atoms. The number of nitrogens with zero attached hydrogens (tertiary/aromatic N) is 2. The van der Waals surface area contributed by atoms with Gasteiger partial charge >= 0.3 is 0 Å². The number of benzene rings is 1. The predicted molar refractivity (Wildman–Crippen MR) is 116 cm³/mol. The van der Waals surface area contributed by atoms with Gasteiger partial charge in [-0.25, -0.2) is 12.7 Å². The topological polar surface area (TPSA) is 86.8 Å². The van der Waals surface area contributed by atoms with Crippen molar-refractivity contribution in [3.05, 3.63) is 41.6 Å². The molecular formula is C22H31N3O4S. The van der Waals surface area contributed by atoms with Crippen molar-refractivity contribution in [3.8, 4) is 0 Å². The van der Waals surface area contributed by atoms with Crippen molar-refractivity contribution >= 4 is 26.7 Å². The highest BCUT2D eigenvalue weighted by Crippen LogP contribution is 2.39. The zero-order chi connectivity index (χ0) is 22.3. The van der Waals surface area contributed by atoms with E-state index in [2.05, 4.69) is 5.32 Å². The van der Waals surface area contributed by atoms with Gasteiger partial charge in [-0.05, 0) is 39.2 Å². The van der Waals surface area contributed by atoms with Gasteiger partial charge in [-0.1, -0.05) is 44.2 Å². The second kappa shape index (κ2) is 8.06. The summed E-state index contributed by atoms with van der Waals surface area (Å²) < 4.78 is 27.7. The second-order valence-electron chi connectivity index (χ2n) is 9.21. The van der Waals surface area contributed by atoms with E-state index in [-0.39, 0.29) is 28.5 Å². The van der Waals surface area contributed by atoms with Crippen LogP contribution in [0.2, 0.25) is 0 Å². The van der Waals surface area contributed by atoms with Gasteiger partial charge in [-0.15, -0.1) is 0 Å². The van der Waals surface area contributed by atoms with Crippen LogP contribution >= 0.6 is 0 Å². The molecule has 0 radical (unpaired) electrons. The van der Waals surface area contributed by atoms with Crippen LogP contribution in [0.1, 0.15) is 53.0 Å². The third-order valence-electron chi connectivity index (χ3n) is 5.42. The summed E-state index contributed by atoms with van der Waals surface area (Å²) in [5.74, 6) is -0.457. The van der Waals surface area contributed by atoms with Crippen molar-refractivity contribution in [2.75, 3.05) is 13.1 Å². The normalized spacial score (nSPS) is 20.3. The van der Waals surface area contributed by atoms with Crippen molar-refractivity contribution in [2.45, 2.75) is 59.0 Å². The molecule has 0 unspecified atom stereocenters. The van der Waals surface area contributed by atoms with Crippen LogP contribution in [0.5, 0.6) is 0 Å². The Kier molecular flexibility index (Phi) is 6.00. The first-order valence-corrected chi connectivity index (χ1v) is 11.8. The van der Waals surface area contributed by atoms with E-state index >= 15 is 0 Å². The maximum atomic E-state index is 13.4. The first-order valence-electron chi connectivity index (χ1n) is 10.4. The number of amides is 2. The molecule has 164 valence electrons. The first kappa shape index (κ1) is 22.3. The fourth-order valence-electron chi connectivity index (χ4n) is 4.02. The molecule has 1 aromatic rings. The van der Waals surface area contributed by atoms with E-state index in [0.717, 1.165) is 4.31 Å². The molecule has 0 bridgehead atoms. The highest BCUT2D eigenvalue weighted by Gasteiger charge is 2.49. The summed E-state index contributed by atoms with van der Waals surface area (Å²) in [4.78, 5) is 27.4. The van der Waals surface area contributed by atoms with Crippen LogP contribution < -0.4 is 5.32 Å². The number of nitrogens with one attached hydrogen (secondary N) is 1. The number of likely N-dealkylation sites (tertiary alicyclic amines) is 1. The van der Waals surface area contributed by atoms with Crippen LogP contribution in [0.25, 0.3) is 4.91 Å². The summed E-state index contributed by atoms with van der Waals surface area (Å²) in [7, 11) is -3.99. The summed E-state index contributed by atoms with van der Waals surface area (Å²) in [6.07, 6.45) is 1.32. The first-order chi connectivity index (χ1) is 13.9. The summed E-state index contributed by atoms with van der Waals surface area (Å²) in [6, 6.07) is 8.67. The Bertz CT molecular complexity index is 954. The van der Waals surface area contributed by atoms with Gasteiger partial charge in [0.15, 0.2) is 0 Å². The number of hydrogen-bond donors (Lipinski definition) is 1. The molecule has 3 rings (SSSR count). The van der Waals surface area contributed by atoms with E-state index in [1.165, 1.54) is 0 Å². The van der Waals surface area contributed by atoms with Crippen molar-refractivity contribution in [3.63, 3.8) is 0 Å². The predicted octanol–water partition coefficient (Wildman–Crippen LogP) is 2.56. The molecule has 0 aliphatic carbocycles. The lowest BCUT2D eigenvalue weighted by Crippen LogP contribution is -2.49. The largest absolute Gasteiger partial charge is 0.377 e. The maximum absolute atomic E-state index is 13.4. The molecule has 1 saturated heterocycles. The van der Waals surface area contributed by atoms with E-state index in [1.54, 1.807) is 45.0 Å². The van der Waals surface area contributed by atoms with Gasteiger partial charge in [-0.2, -0.15) is 0 Å². The monoisotopic (exact) mass is 433 g/mol. The van der Waals surface area contributed by atoms with Crippen molar-refractivity contribution in [2.24, 2.45) is 5.92 Å². The molecule has 8 heteroatoms. The molecule has 2 aliphatic rings. The minimum absolute atomic E-state index is 0.0312. The molecule has 1 fully saturated rings. The van der Waals surface area contributed by atoms with Crippen LogP contribution in [0.15, 0.2) is 36.0 Å². The van der Waals surface area contributed by atoms with E-state index in [0.29, 0.717) is 31.5 Å². The molecule has 0 saturated carbocycles. The van der Waals surface area contributed by atoms with E-state index in [4.69, 9.17) is 0 Å². The Labute approximate surface area is 179 Å². The summed E-state index contributed by atoms with van der Waals surface area (Å²) in [5.41, 5.74) is -0.260. The van der Waals surface area contributed by atoms with E-state index in [1.807, 2.05) is 24.8 Å². The third-order valence-corrected chi connectivity index (χ3v) is 7.57. The molecule has 0 spiro atoms. The fourth-order valence-corrected chi connectivity index (χ4v) is 6.07. The van der Waals surface area contributed by atoms with Crippen molar-refractivity contribution < 1.29 is 18.0 Å². The van der Waals surface area contributed by atoms with E-state index < -0.39 is 21.5 Å². The molecule has 1 N–H and O–H groups in total. The number of rotatable bonds is 4. The Hall–Kier alpha value is -2.35. The minimum atomic E-state index is -3.99. The minimum Gasteiger partial charge on any atom is -0.377 e. The van der Waals surface area contributed by atoms with Crippen molar-refractivity contribution in [1.29, 1.82) is 0 Å². The molecule has 7 nitrogen and oxygen atoms in total. The van der Waals surface area contributed by atoms with Gasteiger partial charge in [0, 0.05) is 25.0 Å². The van der Waals surface area contributed by atoms with Crippen LogP contribution in [0, 0.1) is 5.92 Å². The molecular weight excluding hydrogens is 402 g/mol. The summed E-state index contributed by atoms with van der Waals surface area (Å²) in [6.45, 7) is 10.1. The highest BCUT2D eigenvalue weighted by atomic mass is 32.2. The Morgan fingerprint density at radius 1 is 1.10 bits per heavy atom. The van der Waals surface area contributed by atoms with E-state index in [9.17, 15) is 18.0 Å². The van der Waals surface area contributed by atoms with Crippen LogP contribution in [0.3, 0.4) is 0 Å². The number of carbonyl (C=O) groups excluding carboxylic acids is 2. The van der Waals surface area contributed by atoms with Gasteiger partial charge in [-0.3, -0.25) is 9.59 Å². The fraction of sp³-hybridized carbons (Fsp3) is 0.545. The van der Waals surface area contributed by atoms with Gasteiger partial charge in [0.05, 0.1) is 5.54 Å². The lowest BCUT2D eigenvalue weighted by Gasteiger charge is -2.34. The Morgan fingerprint density at radius 3 is 2.17 bits per heavy atom. The smallest absolute Gasteiger partial charge is 0.285 e. The van der Waals surface area contributed by atoms with Crippen LogP contribution in [-0.2, 0) is 19.6 Å². The lowest BCUT2D eigenvalue weighted by atomic mass is 10.0. The van der Waals surface area contributed by atoms with Crippen molar-refractivity contribution in [1.82, 2.24) is 14.5 Å². The average molecular weight is 434 g/mol. The standard InChI is InChI=1S/C22H31N3O4S/c1-15(2)20(26)24-13-11-17(12-14-24)23-18-19(16-9-7-6-8-10-16)30(28,29)25(21(18)27)22(3,4)5/h6-10,15,17,23H,11-14H2,1-5H3. The maximum Gasteiger partial charge on any atom is 0.285 e. The van der Waals surface area contributed by atoms with Gasteiger partial charge in [0.1, 0.15) is 10.6 Å². The Morgan fingerprint density at radius 2 is 1.67 bits per heavy atom. The quantitative estimate of drug-likeness (QED) is 0.789. The molecule has 2 aliphatic heterocycles. The van der Waals surface area contributed by atoms with Gasteiger partial charge in [0.2, 0.25) is 5.91 Å². The number of hydrogen-bond acceptors (Lipinski definition) is 5. The van der Waals surface area contributed by atoms with Gasteiger partial charge in [0.25, 0.3) is 15.9 Å². The molecule has 0 aromatic heterocycles. The average Bonchev–Trinajstić information content (AvgIpc) is 2.87. The molecule has 1 aromatic carbocycles. The lowest BCUT2D eigenvalue weighted by molar-refractivity contribution is -0.135. The number of carbonyl (C=O) groups is 2. The molecule has 2 amide bonds. The Balaban J connectivity index is 1.92. The summed E-state index contributed by atoms with van der Waals surface area (Å²) >= 11 is 0. The van der Waals surface area contributed by atoms with Crippen LogP contribution in [0.4, 0.5) is 0 Å². The second-order valence-corrected chi connectivity index (χ2v) is 10.9. The van der Waals surface area contributed by atoms with Gasteiger partial charge < -0.3 is 10.2 Å². The third kappa shape index (κ3) is 4.10. The van der Waals surface area contributed by atoms with Crippen LogP contribution in [-0.4, -0.2) is 54.1 Å². The number of sulfonamides is 1. The zero-order valence-electron chi connectivity index (χ0n) is 18.3. The zero-order valence-corrected chi connectivity index (χ0v) is 19.1. The molecule has 0 atom stereocenters. The number of piperidine rings is 1. The highest BCUT2D eigenvalue weighted by molar-refractivity contribution is 7.99.